The molecule has 0 saturated carbocycles. The van der Waals surface area contributed by atoms with Gasteiger partial charge in [-0.3, -0.25) is 9.59 Å². The first kappa shape index (κ1) is 13.7. The molecule has 0 fully saturated rings. The highest BCUT2D eigenvalue weighted by molar-refractivity contribution is 9.10. The Hall–Kier alpha value is -1.36. The van der Waals surface area contributed by atoms with Gasteiger partial charge in [0.2, 0.25) is 5.91 Å². The van der Waals surface area contributed by atoms with E-state index in [1.165, 1.54) is 21.0 Å². The molecule has 4 nitrogen and oxygen atoms in total. The highest BCUT2D eigenvalue weighted by Gasteiger charge is 2.15. The number of Topliss-reactive ketones (excluding diaryl/α,β-unsaturated/α-hetero) is 1. The molecule has 0 radical (unpaired) electrons. The van der Waals surface area contributed by atoms with Gasteiger partial charge in [0.1, 0.15) is 11.5 Å². The van der Waals surface area contributed by atoms with Gasteiger partial charge in [-0.05, 0) is 19.1 Å². The molecular weight excluding hydrogens is 286 g/mol. The Labute approximate surface area is 108 Å². The Balaban J connectivity index is 3.30. The van der Waals surface area contributed by atoms with Crippen LogP contribution < -0.4 is 10.1 Å². The van der Waals surface area contributed by atoms with Crippen molar-refractivity contribution in [2.24, 2.45) is 0 Å². The molecule has 0 aliphatic carbocycles. The van der Waals surface area contributed by atoms with Crippen molar-refractivity contribution in [3.05, 3.63) is 22.2 Å². The number of ketones is 1. The Kier molecular flexibility index (Phi) is 4.69. The molecule has 5 heteroatoms. The maximum Gasteiger partial charge on any atom is 0.221 e. The maximum atomic E-state index is 11.2. The summed E-state index contributed by atoms with van der Waals surface area (Å²) in [4.78, 5) is 22.4. The fourth-order valence-electron chi connectivity index (χ4n) is 1.51. The number of halogens is 1. The third-order valence-electron chi connectivity index (χ3n) is 2.16. The second kappa shape index (κ2) is 5.82. The fraction of sp³-hybridized carbons (Fsp3) is 0.333. The van der Waals surface area contributed by atoms with Gasteiger partial charge in [0, 0.05) is 23.4 Å². The summed E-state index contributed by atoms with van der Waals surface area (Å²) in [6, 6.07) is 3.53. The zero-order valence-corrected chi connectivity index (χ0v) is 11.6. The maximum absolute atomic E-state index is 11.2. The standard InChI is InChI=1S/C12H14BrNO3/c1-7(15)6-9-10(13)4-5-11(17-3)12(9)14-8(2)16/h4-5H,6H2,1-3H3,(H,14,16). The van der Waals surface area contributed by atoms with E-state index < -0.39 is 0 Å². The van der Waals surface area contributed by atoms with Crippen LogP contribution in [0.1, 0.15) is 19.4 Å². The van der Waals surface area contributed by atoms with Gasteiger partial charge in [-0.1, -0.05) is 15.9 Å². The minimum atomic E-state index is -0.203. The first-order valence-electron chi connectivity index (χ1n) is 5.08. The number of ether oxygens (including phenoxy) is 1. The molecule has 17 heavy (non-hydrogen) atoms. The predicted octanol–water partition coefficient (Wildman–Crippen LogP) is 2.55. The lowest BCUT2D eigenvalue weighted by molar-refractivity contribution is -0.116. The first-order chi connectivity index (χ1) is 7.95. The molecule has 0 unspecified atom stereocenters. The van der Waals surface area contributed by atoms with E-state index in [2.05, 4.69) is 21.2 Å². The van der Waals surface area contributed by atoms with Gasteiger partial charge in [-0.25, -0.2) is 0 Å². The molecule has 0 saturated heterocycles. The minimum absolute atomic E-state index is 0.0190. The van der Waals surface area contributed by atoms with Gasteiger partial charge in [0.15, 0.2) is 0 Å². The number of hydrogen-bond donors (Lipinski definition) is 1. The molecule has 1 aromatic rings. The van der Waals surface area contributed by atoms with Crippen LogP contribution in [-0.2, 0) is 16.0 Å². The first-order valence-corrected chi connectivity index (χ1v) is 5.87. The normalized spacial score (nSPS) is 9.88. The molecule has 1 aromatic carbocycles. The van der Waals surface area contributed by atoms with Gasteiger partial charge < -0.3 is 10.1 Å². The van der Waals surface area contributed by atoms with Crippen LogP contribution in [-0.4, -0.2) is 18.8 Å². The molecule has 92 valence electrons. The summed E-state index contributed by atoms with van der Waals surface area (Å²) in [7, 11) is 1.52. The molecule has 0 heterocycles. The topological polar surface area (TPSA) is 55.4 Å². The van der Waals surface area contributed by atoms with Crippen molar-refractivity contribution in [3.63, 3.8) is 0 Å². The van der Waals surface area contributed by atoms with E-state index in [0.29, 0.717) is 11.4 Å². The zero-order valence-electron chi connectivity index (χ0n) is 9.96. The SMILES string of the molecule is COc1ccc(Br)c(CC(C)=O)c1NC(C)=O. The van der Waals surface area contributed by atoms with Crippen molar-refractivity contribution < 1.29 is 14.3 Å². The summed E-state index contributed by atoms with van der Waals surface area (Å²) >= 11 is 3.37. The van der Waals surface area contributed by atoms with E-state index in [0.717, 1.165) is 10.0 Å². The lowest BCUT2D eigenvalue weighted by atomic mass is 10.1. The van der Waals surface area contributed by atoms with E-state index in [9.17, 15) is 9.59 Å². The Bertz CT molecular complexity index is 457. The van der Waals surface area contributed by atoms with Gasteiger partial charge in [0.05, 0.1) is 12.8 Å². The van der Waals surface area contributed by atoms with Crippen molar-refractivity contribution in [1.29, 1.82) is 0 Å². The number of nitrogens with one attached hydrogen (secondary N) is 1. The molecule has 1 N–H and O–H groups in total. The smallest absolute Gasteiger partial charge is 0.221 e. The Morgan fingerprint density at radius 1 is 1.35 bits per heavy atom. The lowest BCUT2D eigenvalue weighted by Gasteiger charge is -2.15. The molecule has 1 amide bonds. The van der Waals surface area contributed by atoms with Crippen LogP contribution in [0.2, 0.25) is 0 Å². The molecule has 0 aliphatic rings. The van der Waals surface area contributed by atoms with Gasteiger partial charge in [-0.15, -0.1) is 0 Å². The molecule has 0 aromatic heterocycles. The zero-order chi connectivity index (χ0) is 13.0. The second-order valence-electron chi connectivity index (χ2n) is 3.66. The van der Waals surface area contributed by atoms with Crippen LogP contribution in [0.5, 0.6) is 5.75 Å². The number of carbonyl (C=O) groups excluding carboxylic acids is 2. The Morgan fingerprint density at radius 2 is 2.00 bits per heavy atom. The minimum Gasteiger partial charge on any atom is -0.495 e. The van der Waals surface area contributed by atoms with Crippen molar-refractivity contribution in [1.82, 2.24) is 0 Å². The summed E-state index contributed by atoms with van der Waals surface area (Å²) < 4.78 is 5.95. The molecule has 0 aliphatic heterocycles. The van der Waals surface area contributed by atoms with Crippen LogP contribution in [0.15, 0.2) is 16.6 Å². The molecule has 0 bridgehead atoms. The summed E-state index contributed by atoms with van der Waals surface area (Å²) in [6.45, 7) is 2.92. The van der Waals surface area contributed by atoms with Gasteiger partial charge >= 0.3 is 0 Å². The number of carbonyl (C=O) groups is 2. The summed E-state index contributed by atoms with van der Waals surface area (Å²) in [6.07, 6.45) is 0.243. The lowest BCUT2D eigenvalue weighted by Crippen LogP contribution is -2.11. The van der Waals surface area contributed by atoms with Crippen LogP contribution in [0.25, 0.3) is 0 Å². The second-order valence-corrected chi connectivity index (χ2v) is 4.52. The van der Waals surface area contributed by atoms with Gasteiger partial charge in [0.25, 0.3) is 0 Å². The number of hydrogen-bond acceptors (Lipinski definition) is 3. The Morgan fingerprint density at radius 3 is 2.47 bits per heavy atom. The van der Waals surface area contributed by atoms with E-state index >= 15 is 0 Å². The molecular formula is C12H14BrNO3. The number of anilines is 1. The van der Waals surface area contributed by atoms with Crippen molar-refractivity contribution in [2.45, 2.75) is 20.3 Å². The van der Waals surface area contributed by atoms with E-state index in [-0.39, 0.29) is 18.1 Å². The van der Waals surface area contributed by atoms with Crippen molar-refractivity contribution >= 4 is 33.3 Å². The van der Waals surface area contributed by atoms with Crippen LogP contribution in [0.3, 0.4) is 0 Å². The average Bonchev–Trinajstić information content (AvgIpc) is 2.22. The van der Waals surface area contributed by atoms with Gasteiger partial charge in [-0.2, -0.15) is 0 Å². The third kappa shape index (κ3) is 3.56. The van der Waals surface area contributed by atoms with Crippen LogP contribution >= 0.6 is 15.9 Å². The molecule has 0 atom stereocenters. The number of amides is 1. The highest BCUT2D eigenvalue weighted by atomic mass is 79.9. The van der Waals surface area contributed by atoms with E-state index in [4.69, 9.17) is 4.74 Å². The number of methoxy groups -OCH3 is 1. The van der Waals surface area contributed by atoms with Crippen LogP contribution in [0.4, 0.5) is 5.69 Å². The largest absolute Gasteiger partial charge is 0.495 e. The van der Waals surface area contributed by atoms with E-state index in [1.54, 1.807) is 12.1 Å². The average molecular weight is 300 g/mol. The summed E-state index contributed by atoms with van der Waals surface area (Å²) in [5.74, 6) is 0.358. The molecule has 0 spiro atoms. The van der Waals surface area contributed by atoms with E-state index in [1.807, 2.05) is 0 Å². The third-order valence-corrected chi connectivity index (χ3v) is 2.91. The number of benzene rings is 1. The quantitative estimate of drug-likeness (QED) is 0.929. The summed E-state index contributed by atoms with van der Waals surface area (Å²) in [5.41, 5.74) is 1.27. The van der Waals surface area contributed by atoms with Crippen molar-refractivity contribution in [2.75, 3.05) is 12.4 Å². The molecule has 1 rings (SSSR count). The van der Waals surface area contributed by atoms with Crippen molar-refractivity contribution in [3.8, 4) is 5.75 Å². The van der Waals surface area contributed by atoms with Crippen LogP contribution in [0, 0.1) is 0 Å². The fourth-order valence-corrected chi connectivity index (χ4v) is 1.98. The highest BCUT2D eigenvalue weighted by Crippen LogP contribution is 2.34. The summed E-state index contributed by atoms with van der Waals surface area (Å²) in [5, 5.41) is 2.69. The number of rotatable bonds is 4. The predicted molar refractivity (Wildman–Crippen MR) is 69.4 cm³/mol. The monoisotopic (exact) mass is 299 g/mol.